The maximum atomic E-state index is 12.9. The Morgan fingerprint density at radius 3 is 2.57 bits per heavy atom. The van der Waals surface area contributed by atoms with Crippen molar-refractivity contribution in [1.82, 2.24) is 15.1 Å². The summed E-state index contributed by atoms with van der Waals surface area (Å²) in [5, 5.41) is 7.26. The van der Waals surface area contributed by atoms with Crippen molar-refractivity contribution < 1.29 is 9.18 Å². The highest BCUT2D eigenvalue weighted by Crippen LogP contribution is 2.09. The van der Waals surface area contributed by atoms with Crippen molar-refractivity contribution in [2.45, 2.75) is 26.3 Å². The van der Waals surface area contributed by atoms with E-state index in [0.717, 1.165) is 11.4 Å². The van der Waals surface area contributed by atoms with Gasteiger partial charge < -0.3 is 11.1 Å². The molecule has 0 bridgehead atoms. The van der Waals surface area contributed by atoms with Gasteiger partial charge in [0, 0.05) is 31.1 Å². The minimum atomic E-state index is -0.276. The first kappa shape index (κ1) is 19.1. The van der Waals surface area contributed by atoms with Crippen LogP contribution >= 0.6 is 12.4 Å². The first-order valence-electron chi connectivity index (χ1n) is 7.31. The van der Waals surface area contributed by atoms with Crippen LogP contribution in [0.3, 0.4) is 0 Å². The molecule has 0 saturated carbocycles. The van der Waals surface area contributed by atoms with Gasteiger partial charge in [-0.15, -0.1) is 12.4 Å². The van der Waals surface area contributed by atoms with Gasteiger partial charge in [-0.25, -0.2) is 9.07 Å². The molecule has 2 aromatic rings. The molecule has 0 fully saturated rings. The molecule has 0 spiro atoms. The number of nitrogens with zero attached hydrogens (tertiary/aromatic N) is 2. The first-order chi connectivity index (χ1) is 10.5. The van der Waals surface area contributed by atoms with Crippen molar-refractivity contribution in [3.8, 4) is 5.69 Å². The smallest absolute Gasteiger partial charge is 0.224 e. The van der Waals surface area contributed by atoms with Crippen LogP contribution in [0.15, 0.2) is 36.5 Å². The highest BCUT2D eigenvalue weighted by Gasteiger charge is 2.16. The van der Waals surface area contributed by atoms with E-state index in [9.17, 15) is 9.18 Å². The fourth-order valence-electron chi connectivity index (χ4n) is 1.95. The molecule has 1 aromatic heterocycles. The molecular formula is C16H22ClFN4O. The normalized spacial score (nSPS) is 13.0. The molecular weight excluding hydrogens is 319 g/mol. The van der Waals surface area contributed by atoms with Crippen LogP contribution in [-0.4, -0.2) is 28.3 Å². The second-order valence-electron chi connectivity index (χ2n) is 5.42. The Hall–Kier alpha value is -1.92. The van der Waals surface area contributed by atoms with Gasteiger partial charge in [0.25, 0.3) is 0 Å². The predicted octanol–water partition coefficient (Wildman–Crippen LogP) is 2.08. The largest absolute Gasteiger partial charge is 0.355 e. The lowest BCUT2D eigenvalue weighted by Crippen LogP contribution is -2.39. The summed E-state index contributed by atoms with van der Waals surface area (Å²) >= 11 is 0. The van der Waals surface area contributed by atoms with E-state index in [1.807, 2.05) is 26.1 Å². The van der Waals surface area contributed by atoms with E-state index in [0.29, 0.717) is 13.0 Å². The molecule has 1 heterocycles. The topological polar surface area (TPSA) is 72.9 Å². The maximum absolute atomic E-state index is 12.9. The summed E-state index contributed by atoms with van der Waals surface area (Å²) in [7, 11) is 0. The molecule has 0 aliphatic heterocycles. The van der Waals surface area contributed by atoms with E-state index in [4.69, 9.17) is 5.73 Å². The van der Waals surface area contributed by atoms with E-state index in [-0.39, 0.29) is 36.1 Å². The van der Waals surface area contributed by atoms with Crippen LogP contribution in [0, 0.1) is 11.7 Å². The lowest BCUT2D eigenvalue weighted by molar-refractivity contribution is -0.124. The molecule has 1 aromatic carbocycles. The summed E-state index contributed by atoms with van der Waals surface area (Å²) in [5.74, 6) is -0.535. The average molecular weight is 341 g/mol. The number of hydrogen-bond acceptors (Lipinski definition) is 3. The van der Waals surface area contributed by atoms with E-state index in [1.165, 1.54) is 12.1 Å². The molecule has 2 rings (SSSR count). The zero-order valence-corrected chi connectivity index (χ0v) is 14.0. The highest BCUT2D eigenvalue weighted by atomic mass is 35.5. The van der Waals surface area contributed by atoms with Crippen LogP contribution in [0.25, 0.3) is 5.69 Å². The van der Waals surface area contributed by atoms with Crippen LogP contribution < -0.4 is 11.1 Å². The van der Waals surface area contributed by atoms with E-state index in [1.54, 1.807) is 16.8 Å². The monoisotopic (exact) mass is 340 g/mol. The maximum Gasteiger partial charge on any atom is 0.224 e. The molecule has 0 radical (unpaired) electrons. The average Bonchev–Trinajstić information content (AvgIpc) is 2.95. The Morgan fingerprint density at radius 2 is 1.96 bits per heavy atom. The van der Waals surface area contributed by atoms with E-state index in [2.05, 4.69) is 10.4 Å². The van der Waals surface area contributed by atoms with Crippen molar-refractivity contribution >= 4 is 18.3 Å². The molecule has 1 amide bonds. The zero-order valence-electron chi connectivity index (χ0n) is 13.2. The third-order valence-electron chi connectivity index (χ3n) is 3.62. The number of amides is 1. The van der Waals surface area contributed by atoms with Gasteiger partial charge in [0.15, 0.2) is 0 Å². The second kappa shape index (κ2) is 8.64. The number of carbonyl (C=O) groups excluding carboxylic acids is 1. The Bertz CT molecular complexity index is 627. The highest BCUT2D eigenvalue weighted by molar-refractivity contribution is 5.85. The van der Waals surface area contributed by atoms with Crippen molar-refractivity contribution in [1.29, 1.82) is 0 Å². The van der Waals surface area contributed by atoms with Crippen LogP contribution in [-0.2, 0) is 11.2 Å². The van der Waals surface area contributed by atoms with Gasteiger partial charge in [-0.2, -0.15) is 5.10 Å². The summed E-state index contributed by atoms with van der Waals surface area (Å²) in [4.78, 5) is 11.8. The molecule has 126 valence electrons. The van der Waals surface area contributed by atoms with Gasteiger partial charge in [0.05, 0.1) is 11.4 Å². The predicted molar refractivity (Wildman–Crippen MR) is 90.3 cm³/mol. The van der Waals surface area contributed by atoms with E-state index >= 15 is 0 Å². The van der Waals surface area contributed by atoms with Crippen molar-refractivity contribution in [2.24, 2.45) is 11.7 Å². The molecule has 0 saturated heterocycles. The summed E-state index contributed by atoms with van der Waals surface area (Å²) in [6, 6.07) is 7.83. The molecule has 23 heavy (non-hydrogen) atoms. The lowest BCUT2D eigenvalue weighted by Gasteiger charge is -2.14. The van der Waals surface area contributed by atoms with Crippen LogP contribution in [0.5, 0.6) is 0 Å². The van der Waals surface area contributed by atoms with Crippen molar-refractivity contribution in [3.63, 3.8) is 0 Å². The molecule has 3 N–H and O–H groups in total. The van der Waals surface area contributed by atoms with Gasteiger partial charge in [0.2, 0.25) is 5.91 Å². The SMILES string of the molecule is CC(N)C(C)C(=O)NCCc1ccn(-c2ccc(F)cc2)n1.Cl. The molecule has 0 aliphatic rings. The Labute approximate surface area is 141 Å². The number of aromatic nitrogens is 2. The summed E-state index contributed by atoms with van der Waals surface area (Å²) in [5.41, 5.74) is 7.35. The summed E-state index contributed by atoms with van der Waals surface area (Å²) < 4.78 is 14.6. The quantitative estimate of drug-likeness (QED) is 0.845. The lowest BCUT2D eigenvalue weighted by atomic mass is 10.0. The Kier molecular flexibility index (Phi) is 7.19. The number of benzene rings is 1. The van der Waals surface area contributed by atoms with Crippen molar-refractivity contribution in [2.75, 3.05) is 6.54 Å². The van der Waals surface area contributed by atoms with Crippen molar-refractivity contribution in [3.05, 3.63) is 48.0 Å². The molecule has 7 heteroatoms. The number of rotatable bonds is 6. The number of hydrogen-bond donors (Lipinski definition) is 2. The third-order valence-corrected chi connectivity index (χ3v) is 3.62. The fraction of sp³-hybridized carbons (Fsp3) is 0.375. The van der Waals surface area contributed by atoms with Crippen LogP contribution in [0.2, 0.25) is 0 Å². The van der Waals surface area contributed by atoms with Gasteiger partial charge in [-0.3, -0.25) is 4.79 Å². The van der Waals surface area contributed by atoms with Crippen LogP contribution in [0.1, 0.15) is 19.5 Å². The molecule has 2 unspecified atom stereocenters. The Balaban J connectivity index is 0.00000264. The number of halogens is 2. The van der Waals surface area contributed by atoms with Crippen LogP contribution in [0.4, 0.5) is 4.39 Å². The van der Waals surface area contributed by atoms with E-state index < -0.39 is 0 Å². The number of nitrogens with two attached hydrogens (primary N) is 1. The zero-order chi connectivity index (χ0) is 16.1. The third kappa shape index (κ3) is 5.33. The van der Waals surface area contributed by atoms with Gasteiger partial charge >= 0.3 is 0 Å². The first-order valence-corrected chi connectivity index (χ1v) is 7.31. The molecule has 0 aliphatic carbocycles. The fourth-order valence-corrected chi connectivity index (χ4v) is 1.95. The number of carbonyl (C=O) groups is 1. The molecule has 5 nitrogen and oxygen atoms in total. The second-order valence-corrected chi connectivity index (χ2v) is 5.42. The van der Waals surface area contributed by atoms with Gasteiger partial charge in [-0.05, 0) is 37.3 Å². The summed E-state index contributed by atoms with van der Waals surface area (Å²) in [6.45, 7) is 4.13. The summed E-state index contributed by atoms with van der Waals surface area (Å²) in [6.07, 6.45) is 2.45. The Morgan fingerprint density at radius 1 is 1.30 bits per heavy atom. The van der Waals surface area contributed by atoms with Gasteiger partial charge in [-0.1, -0.05) is 6.92 Å². The van der Waals surface area contributed by atoms with Gasteiger partial charge in [0.1, 0.15) is 5.82 Å². The number of nitrogens with one attached hydrogen (secondary N) is 1. The minimum absolute atomic E-state index is 0. The standard InChI is InChI=1S/C16H21FN4O.ClH/c1-11(12(2)18)16(22)19-9-7-14-8-10-21(20-14)15-5-3-13(17)4-6-15;/h3-6,8,10-12H,7,9,18H2,1-2H3,(H,19,22);1H. The molecule has 2 atom stereocenters. The minimum Gasteiger partial charge on any atom is -0.355 e.